The number of hydrogen-bond donors (Lipinski definition) is 1. The fraction of sp³-hybridized carbons (Fsp3) is 0.286. The van der Waals surface area contributed by atoms with Crippen LogP contribution in [0.3, 0.4) is 0 Å². The van der Waals surface area contributed by atoms with Gasteiger partial charge in [0, 0.05) is 22.1 Å². The number of furan rings is 1. The predicted octanol–water partition coefficient (Wildman–Crippen LogP) is 5.19. The molecule has 1 N–H and O–H groups in total. The van der Waals surface area contributed by atoms with Gasteiger partial charge in [0.2, 0.25) is 0 Å². The smallest absolute Gasteiger partial charge is 0.109 e. The van der Waals surface area contributed by atoms with Gasteiger partial charge in [0.05, 0.1) is 17.3 Å². The number of nitrogens with one attached hydrogen (secondary N) is 1. The maximum atomic E-state index is 6.00. The number of anilines is 1. The summed E-state index contributed by atoms with van der Waals surface area (Å²) in [6.45, 7) is 0. The van der Waals surface area contributed by atoms with Gasteiger partial charge < -0.3 is 9.73 Å². The van der Waals surface area contributed by atoms with Crippen LogP contribution in [-0.2, 0) is 6.42 Å². The molecular weight excluding hydrogens is 314 g/mol. The molecule has 0 fully saturated rings. The van der Waals surface area contributed by atoms with Gasteiger partial charge in [-0.25, -0.2) is 0 Å². The Hall–Kier alpha value is -0.930. The average molecular weight is 327 g/mol. The van der Waals surface area contributed by atoms with Gasteiger partial charge in [-0.05, 0) is 53.0 Å². The number of fused-ring (bicyclic) bond motifs is 1. The van der Waals surface area contributed by atoms with Gasteiger partial charge in [0.25, 0.3) is 0 Å². The molecule has 0 aliphatic heterocycles. The Morgan fingerprint density at radius 1 is 1.33 bits per heavy atom. The molecule has 1 atom stereocenters. The minimum absolute atomic E-state index is 0.334. The second kappa shape index (κ2) is 4.98. The number of aryl methyl sites for hydroxylation is 1. The fourth-order valence-electron chi connectivity index (χ4n) is 2.42. The molecule has 94 valence electrons. The van der Waals surface area contributed by atoms with Crippen molar-refractivity contribution in [2.45, 2.75) is 25.3 Å². The van der Waals surface area contributed by atoms with Gasteiger partial charge in [-0.2, -0.15) is 0 Å². The van der Waals surface area contributed by atoms with Gasteiger partial charge in [-0.3, -0.25) is 0 Å². The fourth-order valence-corrected chi connectivity index (χ4v) is 2.92. The van der Waals surface area contributed by atoms with Crippen molar-refractivity contribution < 1.29 is 4.42 Å². The highest BCUT2D eigenvalue weighted by Crippen LogP contribution is 2.34. The molecule has 1 aromatic heterocycles. The minimum atomic E-state index is 0.334. The first-order chi connectivity index (χ1) is 8.74. The van der Waals surface area contributed by atoms with Crippen LogP contribution < -0.4 is 5.32 Å². The third-order valence-electron chi connectivity index (χ3n) is 3.31. The third-order valence-corrected chi connectivity index (χ3v) is 4.53. The highest BCUT2D eigenvalue weighted by atomic mass is 79.9. The van der Waals surface area contributed by atoms with E-state index >= 15 is 0 Å². The maximum Gasteiger partial charge on any atom is 0.109 e. The van der Waals surface area contributed by atoms with Crippen LogP contribution in [0.1, 0.15) is 30.2 Å². The SMILES string of the molecule is Clc1ccc(NC2CCCc3occc32)cc1Br. The normalized spacial score (nSPS) is 18.4. The first-order valence-electron chi connectivity index (χ1n) is 6.02. The van der Waals surface area contributed by atoms with Gasteiger partial charge in [0.1, 0.15) is 5.76 Å². The summed E-state index contributed by atoms with van der Waals surface area (Å²) in [5, 5.41) is 4.27. The molecule has 3 rings (SSSR count). The van der Waals surface area contributed by atoms with Crippen molar-refractivity contribution in [1.82, 2.24) is 0 Å². The molecule has 1 aliphatic rings. The molecule has 1 heterocycles. The van der Waals surface area contributed by atoms with Crippen LogP contribution in [-0.4, -0.2) is 0 Å². The Morgan fingerprint density at radius 2 is 2.22 bits per heavy atom. The lowest BCUT2D eigenvalue weighted by molar-refractivity contribution is 0.461. The first-order valence-corrected chi connectivity index (χ1v) is 7.19. The zero-order chi connectivity index (χ0) is 12.5. The largest absolute Gasteiger partial charge is 0.469 e. The van der Waals surface area contributed by atoms with Crippen LogP contribution in [0, 0.1) is 0 Å². The molecule has 0 amide bonds. The van der Waals surface area contributed by atoms with E-state index in [0.717, 1.165) is 40.2 Å². The summed E-state index contributed by atoms with van der Waals surface area (Å²) in [5.74, 6) is 1.12. The molecule has 0 spiro atoms. The van der Waals surface area contributed by atoms with Gasteiger partial charge in [-0.1, -0.05) is 11.6 Å². The molecule has 1 unspecified atom stereocenters. The summed E-state index contributed by atoms with van der Waals surface area (Å²) >= 11 is 9.44. The molecule has 0 bridgehead atoms. The molecule has 2 aromatic rings. The third kappa shape index (κ3) is 2.29. The van der Waals surface area contributed by atoms with Crippen LogP contribution in [0.15, 0.2) is 39.4 Å². The molecule has 0 saturated heterocycles. The summed E-state index contributed by atoms with van der Waals surface area (Å²) in [4.78, 5) is 0. The van der Waals surface area contributed by atoms with Crippen molar-refractivity contribution in [2.24, 2.45) is 0 Å². The summed E-state index contributed by atoms with van der Waals surface area (Å²) in [6.07, 6.45) is 5.12. The van der Waals surface area contributed by atoms with Crippen molar-refractivity contribution in [3.63, 3.8) is 0 Å². The molecule has 0 saturated carbocycles. The second-order valence-corrected chi connectivity index (χ2v) is 5.78. The highest BCUT2D eigenvalue weighted by Gasteiger charge is 2.22. The Morgan fingerprint density at radius 3 is 3.06 bits per heavy atom. The van der Waals surface area contributed by atoms with E-state index in [1.165, 1.54) is 5.56 Å². The highest BCUT2D eigenvalue weighted by molar-refractivity contribution is 9.10. The van der Waals surface area contributed by atoms with E-state index in [2.05, 4.69) is 27.3 Å². The molecule has 4 heteroatoms. The number of benzene rings is 1. The Kier molecular flexibility index (Phi) is 3.35. The first kappa shape index (κ1) is 12.1. The molecule has 1 aliphatic carbocycles. The molecule has 2 nitrogen and oxygen atoms in total. The van der Waals surface area contributed by atoms with Crippen LogP contribution in [0.4, 0.5) is 5.69 Å². The lowest BCUT2D eigenvalue weighted by Gasteiger charge is -2.24. The van der Waals surface area contributed by atoms with Crippen molar-refractivity contribution >= 4 is 33.2 Å². The van der Waals surface area contributed by atoms with E-state index in [1.807, 2.05) is 18.2 Å². The zero-order valence-electron chi connectivity index (χ0n) is 9.75. The van der Waals surface area contributed by atoms with E-state index in [1.54, 1.807) is 6.26 Å². The van der Waals surface area contributed by atoms with Gasteiger partial charge in [0.15, 0.2) is 0 Å². The lowest BCUT2D eigenvalue weighted by Crippen LogP contribution is -2.15. The predicted molar refractivity (Wildman–Crippen MR) is 77.2 cm³/mol. The summed E-state index contributed by atoms with van der Waals surface area (Å²) in [5.41, 5.74) is 2.36. The van der Waals surface area contributed by atoms with E-state index in [9.17, 15) is 0 Å². The second-order valence-electron chi connectivity index (χ2n) is 4.52. The van der Waals surface area contributed by atoms with Crippen LogP contribution in [0.2, 0.25) is 5.02 Å². The molecule has 1 aromatic carbocycles. The summed E-state index contributed by atoms with van der Waals surface area (Å²) in [7, 11) is 0. The average Bonchev–Trinajstić information content (AvgIpc) is 2.83. The van der Waals surface area contributed by atoms with E-state index in [4.69, 9.17) is 16.0 Å². The van der Waals surface area contributed by atoms with Crippen molar-refractivity contribution in [1.29, 1.82) is 0 Å². The monoisotopic (exact) mass is 325 g/mol. The van der Waals surface area contributed by atoms with E-state index in [-0.39, 0.29) is 0 Å². The van der Waals surface area contributed by atoms with Crippen LogP contribution in [0.25, 0.3) is 0 Å². The quantitative estimate of drug-likeness (QED) is 0.822. The summed E-state index contributed by atoms with van der Waals surface area (Å²) in [6, 6.07) is 8.31. The Bertz CT molecular complexity index is 567. The zero-order valence-corrected chi connectivity index (χ0v) is 12.1. The van der Waals surface area contributed by atoms with E-state index < -0.39 is 0 Å². The molecule has 0 radical (unpaired) electrons. The topological polar surface area (TPSA) is 25.2 Å². The van der Waals surface area contributed by atoms with E-state index in [0.29, 0.717) is 6.04 Å². The Labute approximate surface area is 119 Å². The summed E-state index contributed by atoms with van der Waals surface area (Å²) < 4.78 is 6.41. The number of rotatable bonds is 2. The maximum absolute atomic E-state index is 6.00. The number of hydrogen-bond acceptors (Lipinski definition) is 2. The van der Waals surface area contributed by atoms with Crippen molar-refractivity contribution in [3.05, 3.63) is 51.3 Å². The number of halogens is 2. The standard InChI is InChI=1S/C14H13BrClNO/c15-11-8-9(4-5-12(11)16)17-13-2-1-3-14-10(13)6-7-18-14/h4-8,13,17H,1-3H2. The lowest BCUT2D eigenvalue weighted by atomic mass is 9.93. The van der Waals surface area contributed by atoms with Crippen LogP contribution >= 0.6 is 27.5 Å². The minimum Gasteiger partial charge on any atom is -0.469 e. The van der Waals surface area contributed by atoms with Gasteiger partial charge >= 0.3 is 0 Å². The van der Waals surface area contributed by atoms with Crippen molar-refractivity contribution in [3.8, 4) is 0 Å². The molecular formula is C14H13BrClNO. The Balaban J connectivity index is 1.84. The van der Waals surface area contributed by atoms with Crippen LogP contribution in [0.5, 0.6) is 0 Å². The van der Waals surface area contributed by atoms with Gasteiger partial charge in [-0.15, -0.1) is 0 Å². The molecule has 18 heavy (non-hydrogen) atoms. The van der Waals surface area contributed by atoms with Crippen molar-refractivity contribution in [2.75, 3.05) is 5.32 Å².